The van der Waals surface area contributed by atoms with Gasteiger partial charge in [0.2, 0.25) is 4.96 Å². The summed E-state index contributed by atoms with van der Waals surface area (Å²) in [5, 5.41) is 13.9. The van der Waals surface area contributed by atoms with Crippen molar-refractivity contribution in [3.63, 3.8) is 0 Å². The average molecular weight is 358 g/mol. The van der Waals surface area contributed by atoms with E-state index in [9.17, 15) is 0 Å². The molecule has 4 rings (SSSR count). The molecule has 0 atom stereocenters. The highest BCUT2D eigenvalue weighted by Crippen LogP contribution is 2.28. The number of hydrogen-bond acceptors (Lipinski definition) is 5. The quantitative estimate of drug-likeness (QED) is 0.549. The van der Waals surface area contributed by atoms with Gasteiger partial charge in [0.15, 0.2) is 5.82 Å². The first-order valence-electron chi connectivity index (χ1n) is 6.20. The Bertz CT molecular complexity index is 915. The van der Waals surface area contributed by atoms with Crippen molar-refractivity contribution in [3.8, 4) is 22.0 Å². The van der Waals surface area contributed by atoms with Crippen molar-refractivity contribution in [2.45, 2.75) is 0 Å². The second-order valence-corrected chi connectivity index (χ2v) is 6.25. The third-order valence-corrected chi connectivity index (χ3v) is 4.42. The smallest absolute Gasteiger partial charge is 0.235 e. The van der Waals surface area contributed by atoms with E-state index in [1.807, 2.05) is 36.4 Å². The van der Waals surface area contributed by atoms with E-state index in [4.69, 9.17) is 0 Å². The number of aromatic nitrogens is 5. The highest BCUT2D eigenvalue weighted by atomic mass is 79.9. The maximum atomic E-state index is 4.60. The molecule has 0 aliphatic carbocycles. The molecule has 1 aromatic carbocycles. The minimum atomic E-state index is 0.734. The van der Waals surface area contributed by atoms with E-state index in [1.165, 1.54) is 11.3 Å². The van der Waals surface area contributed by atoms with Gasteiger partial charge in [0.05, 0.1) is 0 Å². The number of benzene rings is 1. The standard InChI is InChI=1S/C14H8BrN5S/c15-11-5-1-3-9(7-11)12-17-18-14-20(12)19-13(21-14)10-4-2-6-16-8-10/h1-8H. The summed E-state index contributed by atoms with van der Waals surface area (Å²) in [6, 6.07) is 11.8. The number of rotatable bonds is 2. The zero-order valence-corrected chi connectivity index (χ0v) is 13.0. The normalized spacial score (nSPS) is 11.1. The number of hydrogen-bond donors (Lipinski definition) is 0. The van der Waals surface area contributed by atoms with E-state index in [0.717, 1.165) is 31.4 Å². The Kier molecular flexibility index (Phi) is 3.01. The van der Waals surface area contributed by atoms with Crippen LogP contribution in [0, 0.1) is 0 Å². The third-order valence-electron chi connectivity index (χ3n) is 2.98. The lowest BCUT2D eigenvalue weighted by Gasteiger charge is -1.97. The van der Waals surface area contributed by atoms with Crippen LogP contribution in [0.5, 0.6) is 0 Å². The molecule has 0 saturated heterocycles. The molecule has 7 heteroatoms. The Morgan fingerprint density at radius 1 is 1.05 bits per heavy atom. The van der Waals surface area contributed by atoms with Crippen molar-refractivity contribution in [1.29, 1.82) is 0 Å². The van der Waals surface area contributed by atoms with Crippen LogP contribution >= 0.6 is 27.3 Å². The fourth-order valence-corrected chi connectivity index (χ4v) is 3.26. The first-order chi connectivity index (χ1) is 10.3. The summed E-state index contributed by atoms with van der Waals surface area (Å²) >= 11 is 4.97. The molecular formula is C14H8BrN5S. The summed E-state index contributed by atoms with van der Waals surface area (Å²) in [7, 11) is 0. The predicted molar refractivity (Wildman–Crippen MR) is 85.0 cm³/mol. The van der Waals surface area contributed by atoms with Crippen molar-refractivity contribution in [3.05, 3.63) is 53.3 Å². The van der Waals surface area contributed by atoms with Crippen LogP contribution in [0.4, 0.5) is 0 Å². The first kappa shape index (κ1) is 12.6. The van der Waals surface area contributed by atoms with Gasteiger partial charge in [-0.05, 0) is 24.3 Å². The Labute approximate surface area is 132 Å². The van der Waals surface area contributed by atoms with E-state index in [1.54, 1.807) is 16.9 Å². The summed E-state index contributed by atoms with van der Waals surface area (Å²) in [6.07, 6.45) is 3.54. The third kappa shape index (κ3) is 2.24. The van der Waals surface area contributed by atoms with Gasteiger partial charge in [0.1, 0.15) is 5.01 Å². The molecule has 21 heavy (non-hydrogen) atoms. The SMILES string of the molecule is Brc1cccc(-c2nnc3sc(-c4cccnc4)nn23)c1. The number of halogens is 1. The summed E-state index contributed by atoms with van der Waals surface area (Å²) in [5.74, 6) is 0.734. The van der Waals surface area contributed by atoms with Crippen LogP contribution in [-0.2, 0) is 0 Å². The molecule has 4 aromatic rings. The predicted octanol–water partition coefficient (Wildman–Crippen LogP) is 3.68. The second kappa shape index (κ2) is 5.01. The van der Waals surface area contributed by atoms with Crippen LogP contribution in [0.25, 0.3) is 26.9 Å². The maximum Gasteiger partial charge on any atom is 0.235 e. The van der Waals surface area contributed by atoms with E-state index in [-0.39, 0.29) is 0 Å². The minimum absolute atomic E-state index is 0.734. The van der Waals surface area contributed by atoms with Gasteiger partial charge < -0.3 is 0 Å². The number of fused-ring (bicyclic) bond motifs is 1. The molecule has 0 spiro atoms. The summed E-state index contributed by atoms with van der Waals surface area (Å²) in [4.78, 5) is 4.89. The monoisotopic (exact) mass is 357 g/mol. The van der Waals surface area contributed by atoms with Gasteiger partial charge in [0.25, 0.3) is 0 Å². The summed E-state index contributed by atoms with van der Waals surface area (Å²) < 4.78 is 2.77. The molecule has 0 aliphatic heterocycles. The molecule has 3 aromatic heterocycles. The van der Waals surface area contributed by atoms with Gasteiger partial charge in [-0.3, -0.25) is 4.98 Å². The number of pyridine rings is 1. The molecule has 0 N–H and O–H groups in total. The molecule has 0 saturated carbocycles. The highest BCUT2D eigenvalue weighted by molar-refractivity contribution is 9.10. The largest absolute Gasteiger partial charge is 0.264 e. The summed E-state index contributed by atoms with van der Waals surface area (Å²) in [5.41, 5.74) is 1.95. The van der Waals surface area contributed by atoms with Crippen LogP contribution in [0.2, 0.25) is 0 Å². The Morgan fingerprint density at radius 2 is 1.95 bits per heavy atom. The van der Waals surface area contributed by atoms with Crippen molar-refractivity contribution < 1.29 is 0 Å². The lowest BCUT2D eigenvalue weighted by Crippen LogP contribution is -1.91. The number of nitrogens with zero attached hydrogens (tertiary/aromatic N) is 5. The average Bonchev–Trinajstić information content (AvgIpc) is 3.08. The maximum absolute atomic E-state index is 4.60. The van der Waals surface area contributed by atoms with E-state index in [2.05, 4.69) is 36.2 Å². The van der Waals surface area contributed by atoms with Crippen LogP contribution in [0.1, 0.15) is 0 Å². The zero-order valence-electron chi connectivity index (χ0n) is 10.6. The topological polar surface area (TPSA) is 56.0 Å². The lowest BCUT2D eigenvalue weighted by atomic mass is 10.2. The van der Waals surface area contributed by atoms with Crippen LogP contribution < -0.4 is 0 Å². The minimum Gasteiger partial charge on any atom is -0.264 e. The molecule has 0 fully saturated rings. The Hall–Kier alpha value is -2.12. The van der Waals surface area contributed by atoms with Gasteiger partial charge in [0, 0.05) is 28.0 Å². The lowest BCUT2D eigenvalue weighted by molar-refractivity contribution is 0.970. The highest BCUT2D eigenvalue weighted by Gasteiger charge is 2.14. The molecule has 3 heterocycles. The van der Waals surface area contributed by atoms with Gasteiger partial charge in [-0.1, -0.05) is 39.4 Å². The molecule has 0 bridgehead atoms. The van der Waals surface area contributed by atoms with Gasteiger partial charge in [-0.2, -0.15) is 9.61 Å². The van der Waals surface area contributed by atoms with Crippen molar-refractivity contribution in [2.24, 2.45) is 0 Å². The van der Waals surface area contributed by atoms with Crippen molar-refractivity contribution in [1.82, 2.24) is 24.8 Å². The fourth-order valence-electron chi connectivity index (χ4n) is 2.03. The molecule has 0 unspecified atom stereocenters. The molecule has 0 amide bonds. The van der Waals surface area contributed by atoms with Crippen LogP contribution in [0.3, 0.4) is 0 Å². The molecule has 102 valence electrons. The zero-order chi connectivity index (χ0) is 14.2. The molecule has 0 radical (unpaired) electrons. The van der Waals surface area contributed by atoms with E-state index >= 15 is 0 Å². The molecular weight excluding hydrogens is 350 g/mol. The van der Waals surface area contributed by atoms with E-state index < -0.39 is 0 Å². The Morgan fingerprint density at radius 3 is 2.76 bits per heavy atom. The van der Waals surface area contributed by atoms with Gasteiger partial charge >= 0.3 is 0 Å². The second-order valence-electron chi connectivity index (χ2n) is 4.38. The van der Waals surface area contributed by atoms with Gasteiger partial charge in [-0.15, -0.1) is 10.2 Å². The Balaban J connectivity index is 1.87. The molecule has 5 nitrogen and oxygen atoms in total. The van der Waals surface area contributed by atoms with Crippen molar-refractivity contribution >= 4 is 32.2 Å². The fraction of sp³-hybridized carbons (Fsp3) is 0. The molecule has 0 aliphatic rings. The summed E-state index contributed by atoms with van der Waals surface area (Å²) in [6.45, 7) is 0. The van der Waals surface area contributed by atoms with Gasteiger partial charge in [-0.25, -0.2) is 0 Å². The van der Waals surface area contributed by atoms with Crippen LogP contribution in [-0.4, -0.2) is 24.8 Å². The van der Waals surface area contributed by atoms with E-state index in [0.29, 0.717) is 0 Å². The van der Waals surface area contributed by atoms with Crippen molar-refractivity contribution in [2.75, 3.05) is 0 Å². The van der Waals surface area contributed by atoms with Crippen LogP contribution in [0.15, 0.2) is 53.3 Å². The first-order valence-corrected chi connectivity index (χ1v) is 7.81.